The number of hydrogen-bond donors (Lipinski definition) is 2. The number of carbonyl (C=O) groups is 1. The maximum Gasteiger partial charge on any atom is 0.206 e. The van der Waals surface area contributed by atoms with Crippen LogP contribution >= 0.6 is 0 Å². The second-order valence-corrected chi connectivity index (χ2v) is 6.55. The molecular weight excluding hydrogens is 382 g/mol. The molecule has 8 nitrogen and oxygen atoms in total. The van der Waals surface area contributed by atoms with Gasteiger partial charge < -0.3 is 14.4 Å². The highest BCUT2D eigenvalue weighted by molar-refractivity contribution is 6.06. The first-order valence-electron chi connectivity index (χ1n) is 9.25. The van der Waals surface area contributed by atoms with Gasteiger partial charge in [0.2, 0.25) is 5.78 Å². The smallest absolute Gasteiger partial charge is 0.206 e. The van der Waals surface area contributed by atoms with Gasteiger partial charge in [-0.3, -0.25) is 14.9 Å². The minimum absolute atomic E-state index is 0.128. The summed E-state index contributed by atoms with van der Waals surface area (Å²) in [4.78, 5) is 20.8. The van der Waals surface area contributed by atoms with Gasteiger partial charge in [-0.05, 0) is 35.9 Å². The van der Waals surface area contributed by atoms with E-state index in [0.717, 1.165) is 23.0 Å². The van der Waals surface area contributed by atoms with E-state index in [9.17, 15) is 9.90 Å². The highest BCUT2D eigenvalue weighted by Crippen LogP contribution is 2.17. The Hall–Kier alpha value is -4.20. The van der Waals surface area contributed by atoms with Crippen LogP contribution in [0.4, 0.5) is 0 Å². The van der Waals surface area contributed by atoms with Crippen LogP contribution in [0.25, 0.3) is 5.76 Å². The van der Waals surface area contributed by atoms with Crippen molar-refractivity contribution in [3.05, 3.63) is 102 Å². The lowest BCUT2D eigenvalue weighted by Crippen LogP contribution is -2.08. The lowest BCUT2D eigenvalue weighted by molar-refractivity contribution is 0.103. The molecule has 150 valence electrons. The molecule has 30 heavy (non-hydrogen) atoms. The summed E-state index contributed by atoms with van der Waals surface area (Å²) in [5.41, 5.74) is 2.25. The van der Waals surface area contributed by atoms with E-state index < -0.39 is 0 Å². The second-order valence-electron chi connectivity index (χ2n) is 6.55. The zero-order valence-corrected chi connectivity index (χ0v) is 16.0. The summed E-state index contributed by atoms with van der Waals surface area (Å²) in [5, 5.41) is 16.3. The van der Waals surface area contributed by atoms with Gasteiger partial charge in [0, 0.05) is 36.8 Å². The van der Waals surface area contributed by atoms with Gasteiger partial charge in [-0.15, -0.1) is 0 Å². The van der Waals surface area contributed by atoms with Crippen molar-refractivity contribution in [2.45, 2.75) is 13.2 Å². The molecule has 0 saturated heterocycles. The van der Waals surface area contributed by atoms with E-state index in [1.54, 1.807) is 18.5 Å². The molecule has 2 N–H and O–H groups in total. The first-order valence-corrected chi connectivity index (χ1v) is 9.25. The lowest BCUT2D eigenvalue weighted by Gasteiger charge is -2.07. The molecule has 0 atom stereocenters. The molecule has 0 aliphatic rings. The van der Waals surface area contributed by atoms with Crippen LogP contribution in [-0.4, -0.2) is 35.6 Å². The molecule has 4 aromatic rings. The molecule has 0 saturated carbocycles. The molecule has 0 radical (unpaired) electrons. The number of pyridine rings is 1. The molecule has 3 aromatic heterocycles. The van der Waals surface area contributed by atoms with E-state index in [-0.39, 0.29) is 17.4 Å². The quantitative estimate of drug-likeness (QED) is 0.266. The fourth-order valence-electron chi connectivity index (χ4n) is 2.95. The number of ether oxygens (including phenoxy) is 1. The molecule has 0 aliphatic carbocycles. The Morgan fingerprint density at radius 3 is 2.67 bits per heavy atom. The van der Waals surface area contributed by atoms with Crippen molar-refractivity contribution in [1.82, 2.24) is 24.7 Å². The van der Waals surface area contributed by atoms with Gasteiger partial charge in [-0.25, -0.2) is 4.98 Å². The summed E-state index contributed by atoms with van der Waals surface area (Å²) < 4.78 is 7.63. The van der Waals surface area contributed by atoms with Crippen LogP contribution in [0.5, 0.6) is 5.75 Å². The van der Waals surface area contributed by atoms with Crippen LogP contribution in [-0.2, 0) is 13.2 Å². The molecule has 0 bridgehead atoms. The molecule has 0 amide bonds. The van der Waals surface area contributed by atoms with Crippen molar-refractivity contribution in [3.8, 4) is 5.75 Å². The number of aliphatic hydroxyl groups is 1. The number of rotatable bonds is 8. The van der Waals surface area contributed by atoms with E-state index in [4.69, 9.17) is 4.74 Å². The third-order valence-electron chi connectivity index (χ3n) is 4.38. The van der Waals surface area contributed by atoms with Gasteiger partial charge in [0.25, 0.3) is 0 Å². The molecule has 3 heterocycles. The Labute approximate surface area is 172 Å². The standard InChI is InChI=1S/C22H19N5O3/c28-20(11-21(29)22-24-15-25-26-22)19-10-17(14-30-18-4-2-1-3-5-18)13-27(19)12-16-6-8-23-9-7-16/h1-11,13,15,29H,12,14H2,(H,24,25,26). The predicted octanol–water partition coefficient (Wildman–Crippen LogP) is 3.41. The van der Waals surface area contributed by atoms with Crippen LogP contribution in [0, 0.1) is 0 Å². The average molecular weight is 401 g/mol. The van der Waals surface area contributed by atoms with Crippen molar-refractivity contribution < 1.29 is 14.6 Å². The number of allylic oxidation sites excluding steroid dienone is 1. The van der Waals surface area contributed by atoms with Crippen LogP contribution < -0.4 is 4.74 Å². The SMILES string of the molecule is O=C(C=C(O)c1ncn[nH]1)c1cc(COc2ccccc2)cn1Cc1ccncc1. The fraction of sp³-hybridized carbons (Fsp3) is 0.0909. The van der Waals surface area contributed by atoms with Crippen LogP contribution in [0.1, 0.15) is 27.4 Å². The van der Waals surface area contributed by atoms with Crippen LogP contribution in [0.15, 0.2) is 79.5 Å². The number of benzene rings is 1. The van der Waals surface area contributed by atoms with Gasteiger partial charge >= 0.3 is 0 Å². The van der Waals surface area contributed by atoms with Gasteiger partial charge in [-0.1, -0.05) is 18.2 Å². The van der Waals surface area contributed by atoms with E-state index in [1.165, 1.54) is 6.33 Å². The van der Waals surface area contributed by atoms with E-state index in [0.29, 0.717) is 18.8 Å². The van der Waals surface area contributed by atoms with Gasteiger partial charge in [0.15, 0.2) is 11.6 Å². The Bertz CT molecular complexity index is 1140. The van der Waals surface area contributed by atoms with Gasteiger partial charge in [-0.2, -0.15) is 5.10 Å². The van der Waals surface area contributed by atoms with Crippen molar-refractivity contribution in [3.63, 3.8) is 0 Å². The predicted molar refractivity (Wildman–Crippen MR) is 110 cm³/mol. The minimum Gasteiger partial charge on any atom is -0.504 e. The molecule has 0 fully saturated rings. The number of nitrogens with zero attached hydrogens (tertiary/aromatic N) is 4. The third kappa shape index (κ3) is 4.61. The first kappa shape index (κ1) is 19.1. The summed E-state index contributed by atoms with van der Waals surface area (Å²) in [5.74, 6) is 0.235. The number of nitrogens with one attached hydrogen (secondary N) is 1. The highest BCUT2D eigenvalue weighted by Gasteiger charge is 2.15. The highest BCUT2D eigenvalue weighted by atomic mass is 16.5. The number of aliphatic hydroxyl groups excluding tert-OH is 1. The molecular formula is C22H19N5O3. The monoisotopic (exact) mass is 401 g/mol. The topological polar surface area (TPSA) is 106 Å². The summed E-state index contributed by atoms with van der Waals surface area (Å²) in [6.45, 7) is 0.789. The van der Waals surface area contributed by atoms with E-state index in [1.807, 2.05) is 53.2 Å². The molecule has 1 aromatic carbocycles. The minimum atomic E-state index is -0.357. The van der Waals surface area contributed by atoms with E-state index >= 15 is 0 Å². The summed E-state index contributed by atoms with van der Waals surface area (Å²) >= 11 is 0. The van der Waals surface area contributed by atoms with Crippen molar-refractivity contribution in [2.24, 2.45) is 0 Å². The number of aromatic nitrogens is 5. The largest absolute Gasteiger partial charge is 0.504 e. The molecule has 0 unspecified atom stereocenters. The average Bonchev–Trinajstić information content (AvgIpc) is 3.44. The number of aromatic amines is 1. The Morgan fingerprint density at radius 2 is 1.93 bits per heavy atom. The zero-order valence-electron chi connectivity index (χ0n) is 16.0. The second kappa shape index (κ2) is 8.87. The molecule has 0 aliphatic heterocycles. The number of carbonyl (C=O) groups excluding carboxylic acids is 1. The third-order valence-corrected chi connectivity index (χ3v) is 4.38. The number of ketones is 1. The van der Waals surface area contributed by atoms with Crippen LogP contribution in [0.2, 0.25) is 0 Å². The maximum atomic E-state index is 12.9. The molecule has 8 heteroatoms. The summed E-state index contributed by atoms with van der Waals surface area (Å²) in [6.07, 6.45) is 7.66. The zero-order chi connectivity index (χ0) is 20.8. The van der Waals surface area contributed by atoms with Crippen molar-refractivity contribution in [1.29, 1.82) is 0 Å². The Kier molecular flexibility index (Phi) is 5.66. The maximum absolute atomic E-state index is 12.9. The Morgan fingerprint density at radius 1 is 1.13 bits per heavy atom. The van der Waals surface area contributed by atoms with E-state index in [2.05, 4.69) is 20.2 Å². The number of H-pyrrole nitrogens is 1. The summed E-state index contributed by atoms with van der Waals surface area (Å²) in [6, 6.07) is 15.0. The molecule has 4 rings (SSSR count). The molecule has 0 spiro atoms. The van der Waals surface area contributed by atoms with Gasteiger partial charge in [0.1, 0.15) is 18.7 Å². The fourth-order valence-corrected chi connectivity index (χ4v) is 2.95. The normalized spacial score (nSPS) is 11.4. The Balaban J connectivity index is 1.60. The number of hydrogen-bond acceptors (Lipinski definition) is 6. The van der Waals surface area contributed by atoms with Gasteiger partial charge in [0.05, 0.1) is 5.69 Å². The van der Waals surface area contributed by atoms with Crippen molar-refractivity contribution >= 4 is 11.5 Å². The lowest BCUT2D eigenvalue weighted by atomic mass is 10.2. The van der Waals surface area contributed by atoms with Crippen LogP contribution in [0.3, 0.4) is 0 Å². The number of para-hydroxylation sites is 1. The summed E-state index contributed by atoms with van der Waals surface area (Å²) in [7, 11) is 0. The first-order chi connectivity index (χ1) is 14.7. The van der Waals surface area contributed by atoms with Crippen molar-refractivity contribution in [2.75, 3.05) is 0 Å².